The first-order valence-corrected chi connectivity index (χ1v) is 8.47. The highest BCUT2D eigenvalue weighted by atomic mass is 15.1. The minimum atomic E-state index is 0.516. The molecule has 1 atom stereocenters. The van der Waals surface area contributed by atoms with Crippen molar-refractivity contribution < 1.29 is 0 Å². The number of anilines is 2. The Hall–Kier alpha value is -1.32. The van der Waals surface area contributed by atoms with Crippen LogP contribution in [0.25, 0.3) is 0 Å². The molecule has 0 saturated heterocycles. The number of hydrogen-bond donors (Lipinski definition) is 2. The minimum absolute atomic E-state index is 0.516. The van der Waals surface area contributed by atoms with E-state index in [4.69, 9.17) is 0 Å². The molecule has 2 N–H and O–H groups in total. The lowest BCUT2D eigenvalue weighted by Gasteiger charge is -2.21. The van der Waals surface area contributed by atoms with Crippen molar-refractivity contribution in [3.05, 3.63) is 11.4 Å². The third kappa shape index (κ3) is 5.90. The molecule has 1 aromatic rings. The summed E-state index contributed by atoms with van der Waals surface area (Å²) in [5.41, 5.74) is 1.13. The first kappa shape index (κ1) is 17.7. The number of nitrogens with one attached hydrogen (secondary N) is 2. The van der Waals surface area contributed by atoms with Gasteiger partial charge >= 0.3 is 0 Å². The van der Waals surface area contributed by atoms with Crippen LogP contribution in [0.4, 0.5) is 11.6 Å². The van der Waals surface area contributed by atoms with Crippen LogP contribution in [0.15, 0.2) is 0 Å². The maximum absolute atomic E-state index is 4.61. The number of aryl methyl sites for hydroxylation is 1. The number of rotatable bonds is 10. The number of unbranched alkanes of at least 4 members (excludes halogenated alkanes) is 1. The van der Waals surface area contributed by atoms with Gasteiger partial charge < -0.3 is 10.6 Å². The number of nitrogens with zero attached hydrogens (tertiary/aromatic N) is 2. The summed E-state index contributed by atoms with van der Waals surface area (Å²) < 4.78 is 0. The molecule has 0 aliphatic rings. The molecule has 0 saturated carbocycles. The molecule has 0 radical (unpaired) electrons. The third-order valence-electron chi connectivity index (χ3n) is 3.68. The molecule has 4 nitrogen and oxygen atoms in total. The monoisotopic (exact) mass is 292 g/mol. The zero-order chi connectivity index (χ0) is 15.7. The Morgan fingerprint density at radius 2 is 1.62 bits per heavy atom. The summed E-state index contributed by atoms with van der Waals surface area (Å²) in [5, 5.41) is 7.05. The normalized spacial score (nSPS) is 12.2. The van der Waals surface area contributed by atoms with Crippen molar-refractivity contribution in [1.82, 2.24) is 9.97 Å². The van der Waals surface area contributed by atoms with Gasteiger partial charge in [0, 0.05) is 18.2 Å². The molecule has 0 aliphatic carbocycles. The Morgan fingerprint density at radius 1 is 0.905 bits per heavy atom. The molecule has 1 rings (SSSR count). The predicted molar refractivity (Wildman–Crippen MR) is 92.1 cm³/mol. The SMILES string of the molecule is CCCCC(CCC)Nc1nc(C)nc(NCCC)c1C. The first-order chi connectivity index (χ1) is 10.1. The van der Waals surface area contributed by atoms with Gasteiger partial charge in [-0.1, -0.05) is 40.0 Å². The lowest BCUT2D eigenvalue weighted by molar-refractivity contribution is 0.562. The molecule has 0 amide bonds. The highest BCUT2D eigenvalue weighted by molar-refractivity contribution is 5.57. The Kier molecular flexibility index (Phi) is 8.09. The van der Waals surface area contributed by atoms with Crippen molar-refractivity contribution in [3.63, 3.8) is 0 Å². The summed E-state index contributed by atoms with van der Waals surface area (Å²) in [6.45, 7) is 11.7. The summed E-state index contributed by atoms with van der Waals surface area (Å²) >= 11 is 0. The van der Waals surface area contributed by atoms with E-state index in [1.54, 1.807) is 0 Å². The van der Waals surface area contributed by atoms with Crippen molar-refractivity contribution in [2.75, 3.05) is 17.2 Å². The van der Waals surface area contributed by atoms with Crippen LogP contribution >= 0.6 is 0 Å². The van der Waals surface area contributed by atoms with Gasteiger partial charge in [0.2, 0.25) is 0 Å². The zero-order valence-electron chi connectivity index (χ0n) is 14.4. The van der Waals surface area contributed by atoms with Gasteiger partial charge in [-0.3, -0.25) is 0 Å². The number of hydrogen-bond acceptors (Lipinski definition) is 4. The van der Waals surface area contributed by atoms with Gasteiger partial charge in [0.05, 0.1) is 0 Å². The summed E-state index contributed by atoms with van der Waals surface area (Å²) in [6, 6.07) is 0.516. The first-order valence-electron chi connectivity index (χ1n) is 8.47. The molecular formula is C17H32N4. The second kappa shape index (κ2) is 9.59. The fraction of sp³-hybridized carbons (Fsp3) is 0.765. The second-order valence-electron chi connectivity index (χ2n) is 5.79. The molecule has 0 spiro atoms. The van der Waals surface area contributed by atoms with E-state index in [9.17, 15) is 0 Å². The summed E-state index contributed by atoms with van der Waals surface area (Å²) in [4.78, 5) is 9.13. The maximum atomic E-state index is 4.61. The van der Waals surface area contributed by atoms with Crippen LogP contribution in [0.3, 0.4) is 0 Å². The van der Waals surface area contributed by atoms with Gasteiger partial charge in [-0.25, -0.2) is 9.97 Å². The molecule has 0 bridgehead atoms. The largest absolute Gasteiger partial charge is 0.370 e. The van der Waals surface area contributed by atoms with E-state index in [2.05, 4.69) is 48.3 Å². The molecule has 1 heterocycles. The number of aromatic nitrogens is 2. The summed E-state index contributed by atoms with van der Waals surface area (Å²) in [6.07, 6.45) is 7.21. The smallest absolute Gasteiger partial charge is 0.134 e. The highest BCUT2D eigenvalue weighted by Crippen LogP contribution is 2.22. The van der Waals surface area contributed by atoms with Crippen molar-refractivity contribution in [2.24, 2.45) is 0 Å². The zero-order valence-corrected chi connectivity index (χ0v) is 14.4. The Morgan fingerprint density at radius 3 is 2.24 bits per heavy atom. The van der Waals surface area contributed by atoms with Crippen molar-refractivity contribution in [3.8, 4) is 0 Å². The van der Waals surface area contributed by atoms with Gasteiger partial charge in [0.15, 0.2) is 0 Å². The average Bonchev–Trinajstić information content (AvgIpc) is 2.46. The van der Waals surface area contributed by atoms with Crippen molar-refractivity contribution >= 4 is 11.6 Å². The quantitative estimate of drug-likeness (QED) is 0.657. The highest BCUT2D eigenvalue weighted by Gasteiger charge is 2.13. The molecule has 0 aliphatic heterocycles. The fourth-order valence-electron chi connectivity index (χ4n) is 2.47. The molecule has 120 valence electrons. The summed E-state index contributed by atoms with van der Waals surface area (Å²) in [5.74, 6) is 2.79. The van der Waals surface area contributed by atoms with Crippen LogP contribution in [-0.2, 0) is 0 Å². The van der Waals surface area contributed by atoms with Crippen LogP contribution in [0.1, 0.15) is 70.7 Å². The average molecular weight is 292 g/mol. The third-order valence-corrected chi connectivity index (χ3v) is 3.68. The Labute approximate surface area is 130 Å². The Bertz CT molecular complexity index is 417. The molecular weight excluding hydrogens is 260 g/mol. The fourth-order valence-corrected chi connectivity index (χ4v) is 2.47. The molecule has 21 heavy (non-hydrogen) atoms. The van der Waals surface area contributed by atoms with Crippen LogP contribution in [-0.4, -0.2) is 22.6 Å². The second-order valence-corrected chi connectivity index (χ2v) is 5.79. The van der Waals surface area contributed by atoms with E-state index in [0.29, 0.717) is 6.04 Å². The van der Waals surface area contributed by atoms with Gasteiger partial charge in [0.1, 0.15) is 17.5 Å². The van der Waals surface area contributed by atoms with Crippen molar-refractivity contribution in [2.45, 2.75) is 79.2 Å². The summed E-state index contributed by atoms with van der Waals surface area (Å²) in [7, 11) is 0. The molecule has 0 fully saturated rings. The van der Waals surface area contributed by atoms with E-state index in [0.717, 1.165) is 36.0 Å². The van der Waals surface area contributed by atoms with E-state index in [-0.39, 0.29) is 0 Å². The standard InChI is InChI=1S/C17H32N4/c1-6-9-11-15(10-7-2)21-17-13(4)16(18-12-8-3)19-14(5)20-17/h15H,6-12H2,1-5H3,(H2,18,19,20,21). The van der Waals surface area contributed by atoms with E-state index in [1.807, 2.05) is 6.92 Å². The van der Waals surface area contributed by atoms with E-state index < -0.39 is 0 Å². The lowest BCUT2D eigenvalue weighted by atomic mass is 10.0. The Balaban J connectivity index is 2.86. The lowest BCUT2D eigenvalue weighted by Crippen LogP contribution is -2.21. The molecule has 0 aromatic carbocycles. The van der Waals surface area contributed by atoms with Gasteiger partial charge in [-0.05, 0) is 33.1 Å². The molecule has 4 heteroatoms. The predicted octanol–water partition coefficient (Wildman–Crippen LogP) is 4.69. The van der Waals surface area contributed by atoms with Gasteiger partial charge in [0.25, 0.3) is 0 Å². The van der Waals surface area contributed by atoms with Gasteiger partial charge in [-0.15, -0.1) is 0 Å². The maximum Gasteiger partial charge on any atom is 0.134 e. The van der Waals surface area contributed by atoms with Gasteiger partial charge in [-0.2, -0.15) is 0 Å². The minimum Gasteiger partial charge on any atom is -0.370 e. The molecule has 1 unspecified atom stereocenters. The van der Waals surface area contributed by atoms with E-state index >= 15 is 0 Å². The van der Waals surface area contributed by atoms with Crippen LogP contribution in [0.5, 0.6) is 0 Å². The van der Waals surface area contributed by atoms with Crippen LogP contribution in [0.2, 0.25) is 0 Å². The van der Waals surface area contributed by atoms with Crippen LogP contribution in [0, 0.1) is 13.8 Å². The van der Waals surface area contributed by atoms with Crippen molar-refractivity contribution in [1.29, 1.82) is 0 Å². The van der Waals surface area contributed by atoms with E-state index in [1.165, 1.54) is 32.1 Å². The van der Waals surface area contributed by atoms with Crippen LogP contribution < -0.4 is 10.6 Å². The topological polar surface area (TPSA) is 49.8 Å². The molecule has 1 aromatic heterocycles.